The van der Waals surface area contributed by atoms with Gasteiger partial charge in [0.1, 0.15) is 6.04 Å². The van der Waals surface area contributed by atoms with Gasteiger partial charge in [-0.25, -0.2) is 0 Å². The fraction of sp³-hybridized carbons (Fsp3) is 0.778. The van der Waals surface area contributed by atoms with E-state index in [4.69, 9.17) is 15.9 Å². The SMILES string of the molecule is N[C@H](C(=O)O)C12CC3(C(=O)O)CC31C2. The van der Waals surface area contributed by atoms with Gasteiger partial charge in [0.2, 0.25) is 0 Å². The summed E-state index contributed by atoms with van der Waals surface area (Å²) in [6, 6.07) is -0.877. The van der Waals surface area contributed by atoms with Crippen molar-refractivity contribution < 1.29 is 19.8 Å². The lowest BCUT2D eigenvalue weighted by Gasteiger charge is -2.33. The predicted molar refractivity (Wildman–Crippen MR) is 44.4 cm³/mol. The average molecular weight is 197 g/mol. The van der Waals surface area contributed by atoms with Gasteiger partial charge >= 0.3 is 11.9 Å². The van der Waals surface area contributed by atoms with E-state index >= 15 is 0 Å². The molecule has 3 aliphatic rings. The van der Waals surface area contributed by atoms with Crippen molar-refractivity contribution >= 4 is 11.9 Å². The van der Waals surface area contributed by atoms with E-state index in [9.17, 15) is 9.59 Å². The molecule has 3 fully saturated rings. The summed E-state index contributed by atoms with van der Waals surface area (Å²) >= 11 is 0. The summed E-state index contributed by atoms with van der Waals surface area (Å²) in [7, 11) is 0. The van der Waals surface area contributed by atoms with E-state index in [-0.39, 0.29) is 10.8 Å². The van der Waals surface area contributed by atoms with Gasteiger partial charge in [-0.2, -0.15) is 0 Å². The fourth-order valence-corrected chi connectivity index (χ4v) is 3.85. The van der Waals surface area contributed by atoms with Crippen LogP contribution in [0.3, 0.4) is 0 Å². The van der Waals surface area contributed by atoms with Gasteiger partial charge in [0, 0.05) is 5.41 Å². The zero-order valence-corrected chi connectivity index (χ0v) is 7.49. The maximum atomic E-state index is 10.9. The first kappa shape index (κ1) is 8.23. The molecule has 1 spiro atoms. The molecule has 0 aliphatic heterocycles. The Balaban J connectivity index is 1.86. The van der Waals surface area contributed by atoms with Crippen LogP contribution in [0.2, 0.25) is 0 Å². The number of rotatable bonds is 3. The minimum atomic E-state index is -1.01. The standard InChI is InChI=1S/C9H11NO4/c10-4(5(11)12)7-1-8(6(13)14)3-9(7,8)2-7/h4H,1-3,10H2,(H,11,12)(H,13,14)/t4-,7?,8?,9?/m1/s1. The normalized spacial score (nSPS) is 53.5. The van der Waals surface area contributed by atoms with E-state index in [1.165, 1.54) is 0 Å². The Morgan fingerprint density at radius 3 is 2.21 bits per heavy atom. The van der Waals surface area contributed by atoms with Crippen LogP contribution in [0, 0.1) is 16.2 Å². The Hall–Kier alpha value is -1.10. The molecule has 3 aliphatic carbocycles. The number of nitrogens with two attached hydrogens (primary N) is 1. The largest absolute Gasteiger partial charge is 0.481 e. The number of carboxylic acids is 2. The number of hydrogen-bond donors (Lipinski definition) is 3. The fourth-order valence-electron chi connectivity index (χ4n) is 3.85. The molecule has 14 heavy (non-hydrogen) atoms. The van der Waals surface area contributed by atoms with Crippen LogP contribution in [0.25, 0.3) is 0 Å². The van der Waals surface area contributed by atoms with Gasteiger partial charge in [-0.15, -0.1) is 0 Å². The highest BCUT2D eigenvalue weighted by Crippen LogP contribution is 3.01. The smallest absolute Gasteiger partial charge is 0.321 e. The molecule has 5 heteroatoms. The van der Waals surface area contributed by atoms with Gasteiger partial charge in [0.15, 0.2) is 0 Å². The summed E-state index contributed by atoms with van der Waals surface area (Å²) in [5.74, 6) is -1.78. The molecular weight excluding hydrogens is 186 g/mol. The van der Waals surface area contributed by atoms with Crippen LogP contribution in [0.1, 0.15) is 19.3 Å². The van der Waals surface area contributed by atoms with Crippen LogP contribution >= 0.6 is 0 Å². The molecule has 0 aromatic heterocycles. The molecule has 5 nitrogen and oxygen atoms in total. The summed E-state index contributed by atoms with van der Waals surface area (Å²) in [5.41, 5.74) is 4.37. The zero-order chi connectivity index (χ0) is 10.4. The minimum absolute atomic E-state index is 0.232. The summed E-state index contributed by atoms with van der Waals surface area (Å²) in [5, 5.41) is 17.8. The van der Waals surface area contributed by atoms with E-state index < -0.39 is 23.4 Å². The maximum absolute atomic E-state index is 10.9. The van der Waals surface area contributed by atoms with Crippen LogP contribution in [0.15, 0.2) is 0 Å². The Bertz CT molecular complexity index is 381. The summed E-state index contributed by atoms with van der Waals surface area (Å²) in [6.07, 6.45) is 1.79. The Labute approximate surface area is 79.9 Å². The van der Waals surface area contributed by atoms with Crippen molar-refractivity contribution in [2.75, 3.05) is 0 Å². The number of carbonyl (C=O) groups is 2. The summed E-state index contributed by atoms with van der Waals surface area (Å²) in [4.78, 5) is 21.7. The molecular formula is C9H11NO4. The van der Waals surface area contributed by atoms with Crippen molar-refractivity contribution in [1.82, 2.24) is 0 Å². The second-order valence-electron chi connectivity index (χ2n) is 4.97. The van der Waals surface area contributed by atoms with Crippen LogP contribution in [0.5, 0.6) is 0 Å². The van der Waals surface area contributed by atoms with Crippen LogP contribution in [-0.2, 0) is 9.59 Å². The van der Waals surface area contributed by atoms with Gasteiger partial charge in [-0.05, 0) is 24.7 Å². The van der Waals surface area contributed by atoms with Crippen molar-refractivity contribution in [2.24, 2.45) is 22.0 Å². The molecule has 4 N–H and O–H groups in total. The second kappa shape index (κ2) is 1.69. The summed E-state index contributed by atoms with van der Waals surface area (Å²) in [6.45, 7) is 0. The van der Waals surface area contributed by atoms with Crippen molar-refractivity contribution in [3.63, 3.8) is 0 Å². The van der Waals surface area contributed by atoms with Gasteiger partial charge in [-0.1, -0.05) is 0 Å². The highest BCUT2D eigenvalue weighted by molar-refractivity contribution is 5.88. The molecule has 4 atom stereocenters. The molecule has 0 aromatic carbocycles. The zero-order valence-electron chi connectivity index (χ0n) is 7.49. The topological polar surface area (TPSA) is 101 Å². The quantitative estimate of drug-likeness (QED) is 0.574. The van der Waals surface area contributed by atoms with Crippen LogP contribution in [0.4, 0.5) is 0 Å². The Morgan fingerprint density at radius 1 is 1.21 bits per heavy atom. The maximum Gasteiger partial charge on any atom is 0.321 e. The van der Waals surface area contributed by atoms with Crippen LogP contribution < -0.4 is 5.73 Å². The van der Waals surface area contributed by atoms with Crippen molar-refractivity contribution in [3.8, 4) is 0 Å². The lowest BCUT2D eigenvalue weighted by molar-refractivity contribution is -0.152. The second-order valence-corrected chi connectivity index (χ2v) is 4.97. The number of hydrogen-bond acceptors (Lipinski definition) is 3. The predicted octanol–water partition coefficient (Wildman–Crippen LogP) is -0.347. The molecule has 0 bridgehead atoms. The molecule has 0 heterocycles. The lowest BCUT2D eigenvalue weighted by Crippen LogP contribution is -2.48. The van der Waals surface area contributed by atoms with Crippen molar-refractivity contribution in [3.05, 3.63) is 0 Å². The van der Waals surface area contributed by atoms with Gasteiger partial charge in [-0.3, -0.25) is 9.59 Å². The third-order valence-electron chi connectivity index (χ3n) is 4.73. The highest BCUT2D eigenvalue weighted by atomic mass is 16.4. The molecule has 76 valence electrons. The molecule has 0 saturated heterocycles. The van der Waals surface area contributed by atoms with Gasteiger partial charge in [0.25, 0.3) is 0 Å². The molecule has 0 amide bonds. The first-order valence-corrected chi connectivity index (χ1v) is 4.64. The van der Waals surface area contributed by atoms with Crippen molar-refractivity contribution in [2.45, 2.75) is 25.3 Å². The van der Waals surface area contributed by atoms with Crippen LogP contribution in [-0.4, -0.2) is 28.2 Å². The number of carboxylic acid groups (broad SMARTS) is 2. The third-order valence-corrected chi connectivity index (χ3v) is 4.73. The molecule has 3 unspecified atom stereocenters. The third kappa shape index (κ3) is 0.486. The van der Waals surface area contributed by atoms with E-state index in [1.54, 1.807) is 0 Å². The first-order chi connectivity index (χ1) is 6.42. The Morgan fingerprint density at radius 2 is 1.86 bits per heavy atom. The number of aliphatic carboxylic acids is 2. The molecule has 0 aromatic rings. The van der Waals surface area contributed by atoms with E-state index in [0.717, 1.165) is 0 Å². The summed E-state index contributed by atoms with van der Waals surface area (Å²) < 4.78 is 0. The van der Waals surface area contributed by atoms with Gasteiger partial charge in [0.05, 0.1) is 5.41 Å². The molecule has 3 rings (SSSR count). The Kier molecular flexibility index (Phi) is 0.995. The lowest BCUT2D eigenvalue weighted by atomic mass is 9.71. The molecule has 3 saturated carbocycles. The minimum Gasteiger partial charge on any atom is -0.481 e. The van der Waals surface area contributed by atoms with E-state index in [1.807, 2.05) is 0 Å². The monoisotopic (exact) mass is 197 g/mol. The first-order valence-electron chi connectivity index (χ1n) is 4.64. The van der Waals surface area contributed by atoms with Crippen molar-refractivity contribution in [1.29, 1.82) is 0 Å². The highest BCUT2D eigenvalue weighted by Gasteiger charge is 3.00. The van der Waals surface area contributed by atoms with Gasteiger partial charge < -0.3 is 15.9 Å². The van der Waals surface area contributed by atoms with E-state index in [2.05, 4.69) is 0 Å². The molecule has 0 radical (unpaired) electrons. The average Bonchev–Trinajstić information content (AvgIpc) is 2.86. The van der Waals surface area contributed by atoms with E-state index in [0.29, 0.717) is 19.3 Å².